The average Bonchev–Trinajstić information content (AvgIpc) is 3.24. The number of aryl methyl sites for hydroxylation is 1. The zero-order valence-electron chi connectivity index (χ0n) is 20.3. The summed E-state index contributed by atoms with van der Waals surface area (Å²) in [5.74, 6) is 0.799. The van der Waals surface area contributed by atoms with Gasteiger partial charge in [0.15, 0.2) is 0 Å². The molecule has 0 aliphatic carbocycles. The Morgan fingerprint density at radius 1 is 1.05 bits per heavy atom. The van der Waals surface area contributed by atoms with Crippen LogP contribution in [0.15, 0.2) is 82.6 Å². The number of hydrogen-bond acceptors (Lipinski definition) is 7. The van der Waals surface area contributed by atoms with Crippen LogP contribution in [-0.4, -0.2) is 39.5 Å². The van der Waals surface area contributed by atoms with Gasteiger partial charge >= 0.3 is 6.09 Å². The fraction of sp³-hybridized carbons (Fsp3) is 0.296. The number of alkyl carbamates (subject to hydrolysis) is 1. The molecule has 4 rings (SSSR count). The molecule has 3 aromatic rings. The van der Waals surface area contributed by atoms with Crippen molar-refractivity contribution >= 4 is 39.6 Å². The van der Waals surface area contributed by atoms with Crippen LogP contribution in [0, 0.1) is 0 Å². The Bertz CT molecular complexity index is 1340. The zero-order chi connectivity index (χ0) is 26.3. The lowest BCUT2D eigenvalue weighted by Gasteiger charge is -2.25. The molecule has 37 heavy (non-hydrogen) atoms. The Balaban J connectivity index is 1.32. The molecule has 196 valence electrons. The molecule has 1 heterocycles. The maximum absolute atomic E-state index is 11.6. The summed E-state index contributed by atoms with van der Waals surface area (Å²) in [4.78, 5) is 13.7. The minimum atomic E-state index is -3.64. The number of hydrogen-bond donors (Lipinski definition) is 1. The van der Waals surface area contributed by atoms with Crippen molar-refractivity contribution in [3.63, 3.8) is 0 Å². The van der Waals surface area contributed by atoms with E-state index in [0.717, 1.165) is 32.9 Å². The summed E-state index contributed by atoms with van der Waals surface area (Å²) in [6, 6.07) is 23.9. The lowest BCUT2D eigenvalue weighted by molar-refractivity contribution is 0.151. The standard InChI is InChI=1S/C27H28ClNO6S2/c1-37(31,32)35-19-27(18-34-26(30)29-27)14-6-9-21-12-13-24(16-25(21)28)36-23-11-5-10-22(15-23)33-17-20-7-3-2-4-8-20/h2-5,7-8,10-13,15-16H,6,9,14,17-19H2,1H3,(H,29,30). The first-order chi connectivity index (χ1) is 17.7. The van der Waals surface area contributed by atoms with Gasteiger partial charge in [0.1, 0.15) is 24.5 Å². The van der Waals surface area contributed by atoms with E-state index in [2.05, 4.69) is 5.32 Å². The van der Waals surface area contributed by atoms with Crippen LogP contribution in [0.3, 0.4) is 0 Å². The molecule has 0 bridgehead atoms. The number of nitrogens with one attached hydrogen (secondary N) is 1. The van der Waals surface area contributed by atoms with E-state index in [1.165, 1.54) is 0 Å². The van der Waals surface area contributed by atoms with Crippen LogP contribution < -0.4 is 10.1 Å². The van der Waals surface area contributed by atoms with Crippen molar-refractivity contribution in [2.75, 3.05) is 19.5 Å². The molecular weight excluding hydrogens is 534 g/mol. The fourth-order valence-corrected chi connectivity index (χ4v) is 5.60. The summed E-state index contributed by atoms with van der Waals surface area (Å²) in [7, 11) is -3.64. The van der Waals surface area contributed by atoms with Crippen molar-refractivity contribution < 1.29 is 26.9 Å². The Morgan fingerprint density at radius 2 is 1.84 bits per heavy atom. The lowest BCUT2D eigenvalue weighted by atomic mass is 9.94. The Hall–Kier alpha value is -2.72. The van der Waals surface area contributed by atoms with E-state index >= 15 is 0 Å². The van der Waals surface area contributed by atoms with Gasteiger partial charge in [-0.25, -0.2) is 4.79 Å². The van der Waals surface area contributed by atoms with Crippen LogP contribution in [0.2, 0.25) is 5.02 Å². The van der Waals surface area contributed by atoms with E-state index in [1.807, 2.05) is 72.8 Å². The first kappa shape index (κ1) is 27.3. The molecule has 1 aliphatic rings. The van der Waals surface area contributed by atoms with Gasteiger partial charge in [0, 0.05) is 14.8 Å². The zero-order valence-corrected chi connectivity index (χ0v) is 22.7. The van der Waals surface area contributed by atoms with Crippen molar-refractivity contribution in [3.8, 4) is 5.75 Å². The number of amides is 1. The number of cyclic esters (lactones) is 1. The molecule has 1 atom stereocenters. The van der Waals surface area contributed by atoms with E-state index in [9.17, 15) is 13.2 Å². The SMILES string of the molecule is CS(=O)(=O)OCC1(CCCc2ccc(Sc3cccc(OCc4ccccc4)c3)cc2Cl)COC(=O)N1. The highest BCUT2D eigenvalue weighted by Gasteiger charge is 2.40. The van der Waals surface area contributed by atoms with Gasteiger partial charge in [0.25, 0.3) is 10.1 Å². The predicted octanol–water partition coefficient (Wildman–Crippen LogP) is 5.85. The van der Waals surface area contributed by atoms with Crippen molar-refractivity contribution in [1.29, 1.82) is 0 Å². The third-order valence-electron chi connectivity index (χ3n) is 5.81. The minimum Gasteiger partial charge on any atom is -0.489 e. The van der Waals surface area contributed by atoms with Gasteiger partial charge in [-0.3, -0.25) is 4.18 Å². The summed E-state index contributed by atoms with van der Waals surface area (Å²) in [6.07, 6.45) is 2.20. The topological polar surface area (TPSA) is 90.9 Å². The fourth-order valence-electron chi connectivity index (χ4n) is 3.91. The molecule has 0 spiro atoms. The summed E-state index contributed by atoms with van der Waals surface area (Å²) < 4.78 is 38.7. The van der Waals surface area contributed by atoms with Gasteiger partial charge in [-0.1, -0.05) is 65.8 Å². The number of carbonyl (C=O) groups excluding carboxylic acids is 1. The molecule has 1 amide bonds. The summed E-state index contributed by atoms with van der Waals surface area (Å²) in [5.41, 5.74) is 1.20. The smallest absolute Gasteiger partial charge is 0.407 e. The van der Waals surface area contributed by atoms with Crippen LogP contribution in [0.25, 0.3) is 0 Å². The predicted molar refractivity (Wildman–Crippen MR) is 144 cm³/mol. The van der Waals surface area contributed by atoms with Crippen LogP contribution >= 0.6 is 23.4 Å². The van der Waals surface area contributed by atoms with Gasteiger partial charge in [-0.15, -0.1) is 0 Å². The quantitative estimate of drug-likeness (QED) is 0.277. The number of benzene rings is 3. The van der Waals surface area contributed by atoms with E-state index in [1.54, 1.807) is 11.8 Å². The molecular formula is C27H28ClNO6S2. The van der Waals surface area contributed by atoms with Gasteiger partial charge in [0.2, 0.25) is 0 Å². The van der Waals surface area contributed by atoms with Crippen LogP contribution in [0.5, 0.6) is 5.75 Å². The highest BCUT2D eigenvalue weighted by Crippen LogP contribution is 2.33. The molecule has 1 aliphatic heterocycles. The van der Waals surface area contributed by atoms with E-state index in [4.69, 9.17) is 25.3 Å². The second-order valence-electron chi connectivity index (χ2n) is 8.91. The van der Waals surface area contributed by atoms with Crippen molar-refractivity contribution in [1.82, 2.24) is 5.32 Å². The van der Waals surface area contributed by atoms with Crippen LogP contribution in [0.4, 0.5) is 4.79 Å². The maximum Gasteiger partial charge on any atom is 0.407 e. The van der Waals surface area contributed by atoms with E-state index < -0.39 is 21.8 Å². The largest absolute Gasteiger partial charge is 0.489 e. The van der Waals surface area contributed by atoms with Gasteiger partial charge in [-0.2, -0.15) is 8.42 Å². The van der Waals surface area contributed by atoms with Gasteiger partial charge in [0.05, 0.1) is 12.9 Å². The second-order valence-corrected chi connectivity index (χ2v) is 12.1. The van der Waals surface area contributed by atoms with Crippen LogP contribution in [0.1, 0.15) is 24.0 Å². The molecule has 1 N–H and O–H groups in total. The molecule has 10 heteroatoms. The van der Waals surface area contributed by atoms with E-state index in [0.29, 0.717) is 30.9 Å². The van der Waals surface area contributed by atoms with Crippen molar-refractivity contribution in [2.45, 2.75) is 41.2 Å². The Labute approximate surface area is 226 Å². The third-order valence-corrected chi connectivity index (χ3v) is 7.69. The van der Waals surface area contributed by atoms with Crippen LogP contribution in [-0.2, 0) is 32.1 Å². The average molecular weight is 562 g/mol. The number of halogens is 1. The summed E-state index contributed by atoms with van der Waals surface area (Å²) in [6.45, 7) is 0.390. The molecule has 0 saturated carbocycles. The van der Waals surface area contributed by atoms with Gasteiger partial charge in [-0.05, 0) is 60.7 Å². The first-order valence-corrected chi connectivity index (χ1v) is 14.7. The Morgan fingerprint density at radius 3 is 2.54 bits per heavy atom. The highest BCUT2D eigenvalue weighted by atomic mass is 35.5. The van der Waals surface area contributed by atoms with Crippen molar-refractivity contribution in [2.24, 2.45) is 0 Å². The molecule has 7 nitrogen and oxygen atoms in total. The molecule has 1 saturated heterocycles. The Kier molecular flexibility index (Phi) is 9.02. The molecule has 0 radical (unpaired) electrons. The number of rotatable bonds is 12. The van der Waals surface area contributed by atoms with Crippen molar-refractivity contribution in [3.05, 3.63) is 88.9 Å². The molecule has 3 aromatic carbocycles. The monoisotopic (exact) mass is 561 g/mol. The normalized spacial score (nSPS) is 17.3. The van der Waals surface area contributed by atoms with Gasteiger partial charge < -0.3 is 14.8 Å². The molecule has 0 aromatic heterocycles. The maximum atomic E-state index is 11.6. The summed E-state index contributed by atoms with van der Waals surface area (Å²) >= 11 is 8.18. The lowest BCUT2D eigenvalue weighted by Crippen LogP contribution is -2.48. The third kappa shape index (κ3) is 8.39. The highest BCUT2D eigenvalue weighted by molar-refractivity contribution is 7.99. The number of carbonyl (C=O) groups is 1. The minimum absolute atomic E-state index is 0.0544. The first-order valence-electron chi connectivity index (χ1n) is 11.7. The molecule has 1 fully saturated rings. The second kappa shape index (κ2) is 12.2. The summed E-state index contributed by atoms with van der Waals surface area (Å²) in [5, 5.41) is 3.35. The number of ether oxygens (including phenoxy) is 2. The van der Waals surface area contributed by atoms with E-state index in [-0.39, 0.29) is 13.2 Å². The molecule has 1 unspecified atom stereocenters.